The summed E-state index contributed by atoms with van der Waals surface area (Å²) < 4.78 is 5.34. The highest BCUT2D eigenvalue weighted by Crippen LogP contribution is 2.28. The quantitative estimate of drug-likeness (QED) is 0.831. The van der Waals surface area contributed by atoms with E-state index in [1.807, 2.05) is 18.2 Å². The number of methoxy groups -OCH3 is 1. The van der Waals surface area contributed by atoms with E-state index in [0.29, 0.717) is 5.92 Å². The number of hydrogen-bond acceptors (Lipinski definition) is 3. The van der Waals surface area contributed by atoms with Crippen LogP contribution < -0.4 is 10.1 Å². The Balaban J connectivity index is 2.28. The van der Waals surface area contributed by atoms with E-state index in [1.165, 1.54) is 0 Å². The first-order valence-corrected chi connectivity index (χ1v) is 6.59. The summed E-state index contributed by atoms with van der Waals surface area (Å²) in [6.45, 7) is 5.17. The average Bonchev–Trinajstić information content (AvgIpc) is 2.90. The van der Waals surface area contributed by atoms with Gasteiger partial charge in [0, 0.05) is 5.56 Å². The van der Waals surface area contributed by atoms with Crippen molar-refractivity contribution in [2.45, 2.75) is 38.6 Å². The SMILES string of the molecule is COc1ccc(C(=O)C2CCCN2)cc1C(C)C. The van der Waals surface area contributed by atoms with Gasteiger partial charge in [-0.15, -0.1) is 0 Å². The summed E-state index contributed by atoms with van der Waals surface area (Å²) in [7, 11) is 1.67. The first-order chi connectivity index (χ1) is 8.63. The minimum Gasteiger partial charge on any atom is -0.496 e. The Morgan fingerprint density at radius 1 is 1.44 bits per heavy atom. The molecule has 0 aliphatic carbocycles. The summed E-state index contributed by atoms with van der Waals surface area (Å²) in [5.41, 5.74) is 1.89. The standard InChI is InChI=1S/C15H21NO2/c1-10(2)12-9-11(6-7-14(12)18-3)15(17)13-5-4-8-16-13/h6-7,9-10,13,16H,4-5,8H2,1-3H3. The van der Waals surface area contributed by atoms with Crippen LogP contribution in [0.2, 0.25) is 0 Å². The molecule has 1 unspecified atom stereocenters. The Bertz CT molecular complexity index is 434. The lowest BCUT2D eigenvalue weighted by Gasteiger charge is -2.15. The number of ketones is 1. The molecule has 1 heterocycles. The number of hydrogen-bond donors (Lipinski definition) is 1. The van der Waals surface area contributed by atoms with Crippen molar-refractivity contribution in [3.8, 4) is 5.75 Å². The predicted octanol–water partition coefficient (Wildman–Crippen LogP) is 2.75. The third-order valence-electron chi connectivity index (χ3n) is 3.51. The molecule has 3 nitrogen and oxygen atoms in total. The fraction of sp³-hybridized carbons (Fsp3) is 0.533. The molecule has 0 saturated carbocycles. The number of ether oxygens (including phenoxy) is 1. The highest BCUT2D eigenvalue weighted by Gasteiger charge is 2.24. The largest absolute Gasteiger partial charge is 0.496 e. The van der Waals surface area contributed by atoms with E-state index in [1.54, 1.807) is 7.11 Å². The maximum absolute atomic E-state index is 12.3. The maximum Gasteiger partial charge on any atom is 0.179 e. The molecular weight excluding hydrogens is 226 g/mol. The van der Waals surface area contributed by atoms with Crippen molar-refractivity contribution in [2.24, 2.45) is 0 Å². The van der Waals surface area contributed by atoms with Crippen molar-refractivity contribution < 1.29 is 9.53 Å². The van der Waals surface area contributed by atoms with Crippen LogP contribution in [-0.2, 0) is 0 Å². The van der Waals surface area contributed by atoms with Gasteiger partial charge in [-0.2, -0.15) is 0 Å². The van der Waals surface area contributed by atoms with E-state index < -0.39 is 0 Å². The van der Waals surface area contributed by atoms with E-state index in [-0.39, 0.29) is 11.8 Å². The average molecular weight is 247 g/mol. The molecule has 0 spiro atoms. The molecule has 3 heteroatoms. The number of Topliss-reactive ketones (excluding diaryl/α,β-unsaturated/α-hetero) is 1. The molecule has 1 fully saturated rings. The van der Waals surface area contributed by atoms with Gasteiger partial charge >= 0.3 is 0 Å². The fourth-order valence-electron chi connectivity index (χ4n) is 2.45. The van der Waals surface area contributed by atoms with Crippen molar-refractivity contribution in [1.82, 2.24) is 5.32 Å². The minimum absolute atomic E-state index is 0.00147. The van der Waals surface area contributed by atoms with Crippen LogP contribution in [0.4, 0.5) is 0 Å². The van der Waals surface area contributed by atoms with Crippen LogP contribution in [-0.4, -0.2) is 25.5 Å². The molecule has 1 saturated heterocycles. The first kappa shape index (κ1) is 13.1. The van der Waals surface area contributed by atoms with E-state index in [2.05, 4.69) is 19.2 Å². The lowest BCUT2D eigenvalue weighted by molar-refractivity contribution is 0.0952. The van der Waals surface area contributed by atoms with Gasteiger partial charge in [0.25, 0.3) is 0 Å². The topological polar surface area (TPSA) is 38.3 Å². The molecule has 1 aromatic carbocycles. The second-order valence-corrected chi connectivity index (χ2v) is 5.12. The normalized spacial score (nSPS) is 19.2. The maximum atomic E-state index is 12.3. The van der Waals surface area contributed by atoms with Crippen molar-refractivity contribution in [1.29, 1.82) is 0 Å². The Kier molecular flexibility index (Phi) is 4.02. The zero-order valence-electron chi connectivity index (χ0n) is 11.3. The molecule has 1 aliphatic heterocycles. The van der Waals surface area contributed by atoms with E-state index >= 15 is 0 Å². The molecule has 18 heavy (non-hydrogen) atoms. The van der Waals surface area contributed by atoms with Crippen LogP contribution in [0.1, 0.15) is 48.5 Å². The van der Waals surface area contributed by atoms with Crippen LogP contribution >= 0.6 is 0 Å². The molecule has 1 atom stereocenters. The van der Waals surface area contributed by atoms with Gasteiger partial charge in [-0.1, -0.05) is 13.8 Å². The summed E-state index contributed by atoms with van der Waals surface area (Å²) in [5.74, 6) is 1.42. The Hall–Kier alpha value is -1.35. The lowest BCUT2D eigenvalue weighted by Crippen LogP contribution is -2.30. The summed E-state index contributed by atoms with van der Waals surface area (Å²) >= 11 is 0. The lowest BCUT2D eigenvalue weighted by atomic mass is 9.95. The van der Waals surface area contributed by atoms with Gasteiger partial charge in [-0.05, 0) is 49.1 Å². The zero-order valence-corrected chi connectivity index (χ0v) is 11.3. The number of benzene rings is 1. The third-order valence-corrected chi connectivity index (χ3v) is 3.51. The minimum atomic E-state index is -0.00147. The molecule has 0 bridgehead atoms. The van der Waals surface area contributed by atoms with Crippen molar-refractivity contribution in [3.63, 3.8) is 0 Å². The molecule has 1 aromatic rings. The van der Waals surface area contributed by atoms with Gasteiger partial charge in [0.2, 0.25) is 0 Å². The van der Waals surface area contributed by atoms with Crippen molar-refractivity contribution >= 4 is 5.78 Å². The zero-order chi connectivity index (χ0) is 13.1. The molecule has 98 valence electrons. The summed E-state index contributed by atoms with van der Waals surface area (Å²) in [4.78, 5) is 12.3. The molecule has 2 rings (SSSR count). The van der Waals surface area contributed by atoms with Gasteiger partial charge in [0.1, 0.15) is 5.75 Å². The van der Waals surface area contributed by atoms with Gasteiger partial charge in [-0.25, -0.2) is 0 Å². The van der Waals surface area contributed by atoms with Crippen molar-refractivity contribution in [2.75, 3.05) is 13.7 Å². The monoisotopic (exact) mass is 247 g/mol. The Morgan fingerprint density at radius 2 is 2.22 bits per heavy atom. The summed E-state index contributed by atoms with van der Waals surface area (Å²) in [6, 6.07) is 5.74. The van der Waals surface area contributed by atoms with Gasteiger partial charge in [-0.3, -0.25) is 4.79 Å². The van der Waals surface area contributed by atoms with E-state index in [0.717, 1.165) is 36.3 Å². The second-order valence-electron chi connectivity index (χ2n) is 5.12. The third kappa shape index (κ3) is 2.56. The molecule has 1 N–H and O–H groups in total. The summed E-state index contributed by atoms with van der Waals surface area (Å²) in [5, 5.41) is 3.25. The first-order valence-electron chi connectivity index (χ1n) is 6.59. The smallest absolute Gasteiger partial charge is 0.179 e. The highest BCUT2D eigenvalue weighted by molar-refractivity contribution is 6.00. The van der Waals surface area contributed by atoms with E-state index in [9.17, 15) is 4.79 Å². The molecular formula is C15H21NO2. The van der Waals surface area contributed by atoms with Crippen LogP contribution in [0, 0.1) is 0 Å². The van der Waals surface area contributed by atoms with Gasteiger partial charge < -0.3 is 10.1 Å². The molecule has 0 amide bonds. The van der Waals surface area contributed by atoms with Crippen LogP contribution in [0.3, 0.4) is 0 Å². The molecule has 1 aliphatic rings. The second kappa shape index (κ2) is 5.53. The van der Waals surface area contributed by atoms with Crippen LogP contribution in [0.5, 0.6) is 5.75 Å². The predicted molar refractivity (Wildman–Crippen MR) is 72.4 cm³/mol. The number of nitrogens with one attached hydrogen (secondary N) is 1. The van der Waals surface area contributed by atoms with Crippen molar-refractivity contribution in [3.05, 3.63) is 29.3 Å². The van der Waals surface area contributed by atoms with Crippen LogP contribution in [0.15, 0.2) is 18.2 Å². The number of carbonyl (C=O) groups excluding carboxylic acids is 1. The van der Waals surface area contributed by atoms with Crippen LogP contribution in [0.25, 0.3) is 0 Å². The summed E-state index contributed by atoms with van der Waals surface area (Å²) in [6.07, 6.45) is 2.03. The fourth-order valence-corrected chi connectivity index (χ4v) is 2.45. The van der Waals surface area contributed by atoms with E-state index in [4.69, 9.17) is 4.74 Å². The number of carbonyl (C=O) groups is 1. The highest BCUT2D eigenvalue weighted by atomic mass is 16.5. The van der Waals surface area contributed by atoms with Gasteiger partial charge in [0.05, 0.1) is 13.2 Å². The molecule has 0 aromatic heterocycles. The van der Waals surface area contributed by atoms with Gasteiger partial charge in [0.15, 0.2) is 5.78 Å². The Morgan fingerprint density at radius 3 is 2.78 bits per heavy atom. The Labute approximate surface area is 109 Å². The number of rotatable bonds is 4. The molecule has 0 radical (unpaired) electrons.